The molecule has 422 valence electrons. The molecule has 0 aliphatic heterocycles. The minimum atomic E-state index is -4.66. The predicted molar refractivity (Wildman–Crippen MR) is 309 cm³/mol. The van der Waals surface area contributed by atoms with E-state index in [1.54, 1.807) is 0 Å². The lowest BCUT2D eigenvalue weighted by Gasteiger charge is -2.28. The smallest absolute Gasteiger partial charge is 0.306 e. The fourth-order valence-electron chi connectivity index (χ4n) is 8.12. The van der Waals surface area contributed by atoms with Crippen LogP contribution in [0.25, 0.3) is 0 Å². The largest absolute Gasteiger partial charge is 0.756 e. The summed E-state index contributed by atoms with van der Waals surface area (Å²) >= 11 is 0. The van der Waals surface area contributed by atoms with Gasteiger partial charge in [0, 0.05) is 12.8 Å². The Balaban J connectivity index is 4.22. The van der Waals surface area contributed by atoms with Crippen molar-refractivity contribution in [1.82, 2.24) is 0 Å². The van der Waals surface area contributed by atoms with Crippen LogP contribution in [-0.2, 0) is 32.7 Å². The van der Waals surface area contributed by atoms with Crippen LogP contribution < -0.4 is 4.89 Å². The van der Waals surface area contributed by atoms with Crippen molar-refractivity contribution in [2.75, 3.05) is 47.5 Å². The summed E-state index contributed by atoms with van der Waals surface area (Å²) in [5.41, 5.74) is 0. The Labute approximate surface area is 450 Å². The van der Waals surface area contributed by atoms with Crippen LogP contribution in [0.15, 0.2) is 85.1 Å². The number of phosphoric acid groups is 1. The van der Waals surface area contributed by atoms with Gasteiger partial charge in [0.05, 0.1) is 27.7 Å². The van der Waals surface area contributed by atoms with Gasteiger partial charge < -0.3 is 27.9 Å². The molecule has 0 aromatic carbocycles. The number of unbranched alkanes of at least 4 members (excludes halogenated alkanes) is 26. The van der Waals surface area contributed by atoms with Crippen LogP contribution in [0.1, 0.15) is 251 Å². The van der Waals surface area contributed by atoms with E-state index in [9.17, 15) is 19.0 Å². The molecule has 0 heterocycles. The SMILES string of the molecule is CC/C=C\C/C=C\C/C=C\C/C=C\C/C=C\C/C=C\C/C=C\CCCC(=O)OC(COC(=O)CCCCCCCCCCCCCCCCCCCCCCCCCCCC)COP(=O)([O-])OCC[N+](C)(C)C. The highest BCUT2D eigenvalue weighted by Crippen LogP contribution is 2.38. The Hall–Kier alpha value is -2.81. The first-order valence-electron chi connectivity index (χ1n) is 29.8. The van der Waals surface area contributed by atoms with Crippen molar-refractivity contribution in [3.05, 3.63) is 85.1 Å². The zero-order chi connectivity index (χ0) is 53.5. The third-order valence-corrected chi connectivity index (χ3v) is 13.6. The monoisotopic (exact) mass is 1040 g/mol. The Morgan fingerprint density at radius 2 is 0.781 bits per heavy atom. The molecule has 0 amide bonds. The van der Waals surface area contributed by atoms with Crippen LogP contribution >= 0.6 is 7.82 Å². The van der Waals surface area contributed by atoms with Crippen LogP contribution in [0.2, 0.25) is 0 Å². The summed E-state index contributed by atoms with van der Waals surface area (Å²) in [5.74, 6) is -0.899. The van der Waals surface area contributed by atoms with Gasteiger partial charge in [0.1, 0.15) is 19.8 Å². The maximum absolute atomic E-state index is 12.8. The van der Waals surface area contributed by atoms with Crippen molar-refractivity contribution >= 4 is 19.8 Å². The average molecular weight is 1040 g/mol. The number of carbonyl (C=O) groups is 2. The highest BCUT2D eigenvalue weighted by atomic mass is 31.2. The van der Waals surface area contributed by atoms with Crippen LogP contribution in [-0.4, -0.2) is 70.0 Å². The summed E-state index contributed by atoms with van der Waals surface area (Å²) in [5, 5.41) is 0. The maximum atomic E-state index is 12.8. The van der Waals surface area contributed by atoms with Gasteiger partial charge in [-0.25, -0.2) is 0 Å². The first-order chi connectivity index (χ1) is 35.5. The highest BCUT2D eigenvalue weighted by Gasteiger charge is 2.21. The number of rotatable bonds is 54. The second-order valence-corrected chi connectivity index (χ2v) is 22.4. The standard InChI is InChI=1S/C63H112NO8P/c1-6-8-10-12-14-16-18-20-22-24-26-28-30-31-32-34-35-37-39-41-43-45-47-49-51-53-55-62(65)69-59-61(60-71-73(67,68)70-58-57-64(3,4)5)72-63(66)56-54-52-50-48-46-44-42-40-38-36-33-29-27-25-23-21-19-17-15-13-11-9-7-2/h9,11,15,17,21,23,27,29,36,38,42,44,48,50,61H,6-8,10,12-14,16,18-20,22,24-26,28,30-35,37,39-41,43,45-47,49,51-60H2,1-5H3/b11-9-,17-15-,23-21-,29-27-,38-36-,44-42-,50-48-. The van der Waals surface area contributed by atoms with Crippen molar-refractivity contribution in [2.45, 2.75) is 258 Å². The van der Waals surface area contributed by atoms with E-state index >= 15 is 0 Å². The number of allylic oxidation sites excluding steroid dienone is 14. The zero-order valence-electron chi connectivity index (χ0n) is 47.8. The van der Waals surface area contributed by atoms with E-state index in [2.05, 4.69) is 92.8 Å². The molecule has 2 unspecified atom stereocenters. The summed E-state index contributed by atoms with van der Waals surface area (Å²) < 4.78 is 34.1. The predicted octanol–water partition coefficient (Wildman–Crippen LogP) is 18.0. The summed E-state index contributed by atoms with van der Waals surface area (Å²) in [7, 11) is 1.13. The second kappa shape index (κ2) is 54.0. The fraction of sp³-hybridized carbons (Fsp3) is 0.746. The van der Waals surface area contributed by atoms with Crippen molar-refractivity contribution in [3.8, 4) is 0 Å². The number of quaternary nitrogens is 1. The van der Waals surface area contributed by atoms with Gasteiger partial charge in [-0.3, -0.25) is 14.2 Å². The first kappa shape index (κ1) is 70.2. The summed E-state index contributed by atoms with van der Waals surface area (Å²) in [4.78, 5) is 37.9. The number of hydrogen-bond donors (Lipinski definition) is 0. The van der Waals surface area contributed by atoms with Crippen molar-refractivity contribution in [3.63, 3.8) is 0 Å². The van der Waals surface area contributed by atoms with Gasteiger partial charge in [0.2, 0.25) is 0 Å². The third-order valence-electron chi connectivity index (χ3n) is 12.7. The molecule has 9 nitrogen and oxygen atoms in total. The van der Waals surface area contributed by atoms with E-state index in [4.69, 9.17) is 18.5 Å². The van der Waals surface area contributed by atoms with Gasteiger partial charge in [-0.2, -0.15) is 0 Å². The Morgan fingerprint density at radius 1 is 0.438 bits per heavy atom. The van der Waals surface area contributed by atoms with E-state index in [0.717, 1.165) is 64.2 Å². The lowest BCUT2D eigenvalue weighted by molar-refractivity contribution is -0.870. The van der Waals surface area contributed by atoms with E-state index < -0.39 is 32.5 Å². The zero-order valence-corrected chi connectivity index (χ0v) is 48.7. The maximum Gasteiger partial charge on any atom is 0.306 e. The second-order valence-electron chi connectivity index (χ2n) is 21.0. The molecular weight excluding hydrogens is 930 g/mol. The molecule has 10 heteroatoms. The highest BCUT2D eigenvalue weighted by molar-refractivity contribution is 7.45. The number of carbonyl (C=O) groups excluding carboxylic acids is 2. The van der Waals surface area contributed by atoms with Crippen LogP contribution in [0, 0.1) is 0 Å². The molecular formula is C63H112NO8P. The summed E-state index contributed by atoms with van der Waals surface area (Å²) in [6.07, 6.45) is 72.2. The third kappa shape index (κ3) is 58.3. The molecule has 0 radical (unpaired) electrons. The van der Waals surface area contributed by atoms with Gasteiger partial charge in [-0.15, -0.1) is 0 Å². The molecule has 0 bridgehead atoms. The van der Waals surface area contributed by atoms with Gasteiger partial charge in [0.15, 0.2) is 6.10 Å². The first-order valence-corrected chi connectivity index (χ1v) is 31.3. The number of nitrogens with zero attached hydrogens (tertiary/aromatic N) is 1. The van der Waals surface area contributed by atoms with Crippen molar-refractivity contribution in [2.24, 2.45) is 0 Å². The molecule has 0 aliphatic carbocycles. The Bertz CT molecular complexity index is 1510. The van der Waals surface area contributed by atoms with Crippen molar-refractivity contribution < 1.29 is 42.1 Å². The van der Waals surface area contributed by atoms with Crippen molar-refractivity contribution in [1.29, 1.82) is 0 Å². The molecule has 73 heavy (non-hydrogen) atoms. The summed E-state index contributed by atoms with van der Waals surface area (Å²) in [6.45, 7) is 4.08. The quantitative estimate of drug-likeness (QED) is 0.0195. The molecule has 0 fully saturated rings. The van der Waals surface area contributed by atoms with E-state index in [0.29, 0.717) is 23.9 Å². The number of hydrogen-bond acceptors (Lipinski definition) is 8. The molecule has 0 aromatic heterocycles. The minimum absolute atomic E-state index is 0.0447. The van der Waals surface area contributed by atoms with E-state index in [1.165, 1.54) is 148 Å². The summed E-state index contributed by atoms with van der Waals surface area (Å²) in [6, 6.07) is 0. The van der Waals surface area contributed by atoms with Crippen LogP contribution in [0.5, 0.6) is 0 Å². The molecule has 0 N–H and O–H groups in total. The Morgan fingerprint density at radius 3 is 1.15 bits per heavy atom. The molecule has 0 saturated heterocycles. The molecule has 0 rings (SSSR count). The van der Waals surface area contributed by atoms with Gasteiger partial charge in [-0.1, -0.05) is 259 Å². The molecule has 2 atom stereocenters. The van der Waals surface area contributed by atoms with Crippen LogP contribution in [0.4, 0.5) is 0 Å². The molecule has 0 aliphatic rings. The molecule has 0 aromatic rings. The number of ether oxygens (including phenoxy) is 2. The topological polar surface area (TPSA) is 111 Å². The number of likely N-dealkylation sites (N-methyl/N-ethyl adjacent to an activating group) is 1. The normalized spacial score (nSPS) is 13.9. The van der Waals surface area contributed by atoms with Crippen LogP contribution in [0.3, 0.4) is 0 Å². The average Bonchev–Trinajstić information content (AvgIpc) is 3.35. The van der Waals surface area contributed by atoms with E-state index in [1.807, 2.05) is 27.2 Å². The number of esters is 2. The van der Waals surface area contributed by atoms with Gasteiger partial charge >= 0.3 is 11.9 Å². The lowest BCUT2D eigenvalue weighted by atomic mass is 10.0. The lowest BCUT2D eigenvalue weighted by Crippen LogP contribution is -2.37. The number of phosphoric ester groups is 1. The van der Waals surface area contributed by atoms with E-state index in [-0.39, 0.29) is 26.1 Å². The molecule has 0 saturated carbocycles. The minimum Gasteiger partial charge on any atom is -0.756 e. The fourth-order valence-corrected chi connectivity index (χ4v) is 8.85. The molecule has 0 spiro atoms. The van der Waals surface area contributed by atoms with Gasteiger partial charge in [-0.05, 0) is 64.2 Å². The Kier molecular flexibility index (Phi) is 51.9. The van der Waals surface area contributed by atoms with Gasteiger partial charge in [0.25, 0.3) is 7.82 Å².